The number of nitrogens with one attached hydrogen (secondary N) is 2. The van der Waals surface area contributed by atoms with Crippen LogP contribution in [0.4, 0.5) is 0 Å². The van der Waals surface area contributed by atoms with Crippen molar-refractivity contribution < 1.29 is 9.53 Å². The van der Waals surface area contributed by atoms with Crippen molar-refractivity contribution in [1.29, 1.82) is 0 Å². The molecule has 1 aromatic rings. The molecule has 100 valence electrons. The van der Waals surface area contributed by atoms with Gasteiger partial charge in [-0.3, -0.25) is 0 Å². The summed E-state index contributed by atoms with van der Waals surface area (Å²) in [6.45, 7) is 2.12. The van der Waals surface area contributed by atoms with Crippen LogP contribution in [-0.4, -0.2) is 17.7 Å². The molecule has 1 unspecified atom stereocenters. The topological polar surface area (TPSA) is 50.4 Å². The molecule has 1 aliphatic rings. The van der Waals surface area contributed by atoms with Crippen molar-refractivity contribution in [2.24, 2.45) is 0 Å². The number of rotatable bonds is 3. The second-order valence-electron chi connectivity index (χ2n) is 3.92. The van der Waals surface area contributed by atoms with Crippen LogP contribution in [0.1, 0.15) is 18.5 Å². The highest BCUT2D eigenvalue weighted by atomic mass is 79.9. The Morgan fingerprint density at radius 3 is 2.74 bits per heavy atom. The summed E-state index contributed by atoms with van der Waals surface area (Å²) in [4.78, 5) is 11.9. The lowest BCUT2D eigenvalue weighted by Crippen LogP contribution is -2.42. The van der Waals surface area contributed by atoms with E-state index in [1.165, 1.54) is 0 Å². The molecular weight excluding hydrogens is 328 g/mol. The van der Waals surface area contributed by atoms with Crippen molar-refractivity contribution in [3.05, 3.63) is 46.1 Å². The summed E-state index contributed by atoms with van der Waals surface area (Å²) in [5.74, 6) is -0.349. The highest BCUT2D eigenvalue weighted by molar-refractivity contribution is 9.10. The van der Waals surface area contributed by atoms with E-state index >= 15 is 0 Å². The molecule has 2 N–H and O–H groups in total. The monoisotopic (exact) mass is 340 g/mol. The van der Waals surface area contributed by atoms with Gasteiger partial charge in [0.15, 0.2) is 5.11 Å². The third kappa shape index (κ3) is 3.33. The zero-order valence-electron chi connectivity index (χ0n) is 10.3. The van der Waals surface area contributed by atoms with Gasteiger partial charge in [-0.2, -0.15) is 0 Å². The number of esters is 1. The first-order chi connectivity index (χ1) is 9.11. The fourth-order valence-corrected chi connectivity index (χ4v) is 2.23. The van der Waals surface area contributed by atoms with Crippen molar-refractivity contribution >= 4 is 39.2 Å². The van der Waals surface area contributed by atoms with Gasteiger partial charge in [-0.1, -0.05) is 28.1 Å². The summed E-state index contributed by atoms with van der Waals surface area (Å²) in [7, 11) is 0. The van der Waals surface area contributed by atoms with E-state index in [0.29, 0.717) is 17.3 Å². The number of hydrogen-bond donors (Lipinski definition) is 2. The van der Waals surface area contributed by atoms with E-state index in [1.807, 2.05) is 24.3 Å². The summed E-state index contributed by atoms with van der Waals surface area (Å²) in [5.41, 5.74) is 1.46. The number of halogens is 1. The number of ether oxygens (including phenoxy) is 1. The van der Waals surface area contributed by atoms with E-state index < -0.39 is 0 Å². The van der Waals surface area contributed by atoms with E-state index in [2.05, 4.69) is 26.6 Å². The van der Waals surface area contributed by atoms with Crippen molar-refractivity contribution in [3.8, 4) is 0 Å². The van der Waals surface area contributed by atoms with Gasteiger partial charge in [-0.05, 0) is 36.8 Å². The maximum Gasteiger partial charge on any atom is 0.337 e. The molecule has 19 heavy (non-hydrogen) atoms. The molecule has 0 saturated heterocycles. The summed E-state index contributed by atoms with van der Waals surface area (Å²) < 4.78 is 6.03. The normalized spacial score (nSPS) is 18.1. The highest BCUT2D eigenvalue weighted by Crippen LogP contribution is 2.25. The van der Waals surface area contributed by atoms with E-state index in [9.17, 15) is 4.79 Å². The molecule has 0 radical (unpaired) electrons. The molecule has 1 heterocycles. The predicted molar refractivity (Wildman–Crippen MR) is 80.5 cm³/mol. The quantitative estimate of drug-likeness (QED) is 0.653. The maximum atomic E-state index is 11.9. The fourth-order valence-electron chi connectivity index (χ4n) is 1.79. The Hall–Kier alpha value is -1.40. The lowest BCUT2D eigenvalue weighted by molar-refractivity contribution is -0.138. The van der Waals surface area contributed by atoms with Gasteiger partial charge in [0.25, 0.3) is 0 Å². The molecule has 1 aromatic carbocycles. The van der Waals surface area contributed by atoms with Gasteiger partial charge in [0.2, 0.25) is 0 Å². The van der Waals surface area contributed by atoms with Crippen LogP contribution >= 0.6 is 28.1 Å². The first-order valence-corrected chi connectivity index (χ1v) is 7.01. The number of thiocarbonyl (C=S) groups is 1. The fraction of sp³-hybridized carbons (Fsp3) is 0.231. The van der Waals surface area contributed by atoms with Gasteiger partial charge in [0, 0.05) is 10.7 Å². The van der Waals surface area contributed by atoms with Crippen LogP contribution in [0, 0.1) is 0 Å². The highest BCUT2D eigenvalue weighted by Gasteiger charge is 2.27. The molecule has 6 heteroatoms. The average molecular weight is 341 g/mol. The minimum absolute atomic E-state index is 0.291. The van der Waals surface area contributed by atoms with Crippen LogP contribution in [0.25, 0.3) is 0 Å². The van der Waals surface area contributed by atoms with Gasteiger partial charge in [-0.15, -0.1) is 0 Å². The van der Waals surface area contributed by atoms with Crippen LogP contribution < -0.4 is 10.6 Å². The third-order valence-corrected chi connectivity index (χ3v) is 3.42. The number of carbonyl (C=O) groups is 1. The smallest absolute Gasteiger partial charge is 0.337 e. The van der Waals surface area contributed by atoms with Crippen molar-refractivity contribution in [1.82, 2.24) is 10.6 Å². The Bertz CT molecular complexity index is 528. The molecule has 0 fully saturated rings. The molecule has 0 spiro atoms. The lowest BCUT2D eigenvalue weighted by atomic mass is 9.98. The minimum Gasteiger partial charge on any atom is -0.463 e. The molecule has 0 aliphatic carbocycles. The van der Waals surface area contributed by atoms with Crippen molar-refractivity contribution in [2.45, 2.75) is 13.0 Å². The Morgan fingerprint density at radius 1 is 1.42 bits per heavy atom. The minimum atomic E-state index is -0.349. The first kappa shape index (κ1) is 14.0. The summed E-state index contributed by atoms with van der Waals surface area (Å²) in [6.07, 6.45) is 1.60. The molecule has 4 nitrogen and oxygen atoms in total. The number of hydrogen-bond acceptors (Lipinski definition) is 3. The number of benzene rings is 1. The van der Waals surface area contributed by atoms with Crippen LogP contribution in [0.15, 0.2) is 40.5 Å². The van der Waals surface area contributed by atoms with Crippen LogP contribution in [0.3, 0.4) is 0 Å². The van der Waals surface area contributed by atoms with E-state index in [-0.39, 0.29) is 12.0 Å². The summed E-state index contributed by atoms with van der Waals surface area (Å²) in [6, 6.07) is 7.42. The second kappa shape index (κ2) is 6.16. The van der Waals surface area contributed by atoms with E-state index in [4.69, 9.17) is 17.0 Å². The van der Waals surface area contributed by atoms with Gasteiger partial charge < -0.3 is 15.4 Å². The van der Waals surface area contributed by atoms with Crippen molar-refractivity contribution in [2.75, 3.05) is 6.61 Å². The lowest BCUT2D eigenvalue weighted by Gasteiger charge is -2.26. The van der Waals surface area contributed by atoms with Gasteiger partial charge in [0.05, 0.1) is 18.2 Å². The van der Waals surface area contributed by atoms with Crippen LogP contribution in [0.5, 0.6) is 0 Å². The largest absolute Gasteiger partial charge is 0.463 e. The molecule has 1 aliphatic heterocycles. The Kier molecular flexibility index (Phi) is 4.55. The van der Waals surface area contributed by atoms with E-state index in [1.54, 1.807) is 13.1 Å². The molecule has 1 atom stereocenters. The SMILES string of the molecule is CCOC(=O)C1=CNC(=S)NC1c1ccc(Br)cc1. The van der Waals surface area contributed by atoms with Crippen molar-refractivity contribution in [3.63, 3.8) is 0 Å². The maximum absolute atomic E-state index is 11.9. The predicted octanol–water partition coefficient (Wildman–Crippen LogP) is 2.41. The van der Waals surface area contributed by atoms with Crippen LogP contribution in [-0.2, 0) is 9.53 Å². The Morgan fingerprint density at radius 2 is 2.11 bits per heavy atom. The zero-order chi connectivity index (χ0) is 13.8. The third-order valence-electron chi connectivity index (χ3n) is 2.66. The molecular formula is C13H13BrN2O2S. The van der Waals surface area contributed by atoms with Gasteiger partial charge >= 0.3 is 5.97 Å². The molecule has 0 saturated carbocycles. The van der Waals surface area contributed by atoms with E-state index in [0.717, 1.165) is 10.0 Å². The summed E-state index contributed by atoms with van der Waals surface area (Å²) in [5, 5.41) is 6.40. The second-order valence-corrected chi connectivity index (χ2v) is 5.25. The molecule has 2 rings (SSSR count). The standard InChI is InChI=1S/C13H13BrN2O2S/c1-2-18-12(17)10-7-15-13(19)16-11(10)8-3-5-9(14)6-4-8/h3-7,11H,2H2,1H3,(H2,15,16,19). The zero-order valence-corrected chi connectivity index (χ0v) is 12.7. The average Bonchev–Trinajstić information content (AvgIpc) is 2.39. The van der Waals surface area contributed by atoms with Gasteiger partial charge in [0.1, 0.15) is 0 Å². The number of carbonyl (C=O) groups excluding carboxylic acids is 1. The Balaban J connectivity index is 2.31. The first-order valence-electron chi connectivity index (χ1n) is 5.81. The Labute approximate surface area is 125 Å². The van der Waals surface area contributed by atoms with Gasteiger partial charge in [-0.25, -0.2) is 4.79 Å². The molecule has 0 aromatic heterocycles. The molecule has 0 bridgehead atoms. The van der Waals surface area contributed by atoms with Crippen LogP contribution in [0.2, 0.25) is 0 Å². The summed E-state index contributed by atoms with van der Waals surface area (Å²) >= 11 is 8.47. The molecule has 0 amide bonds.